The highest BCUT2D eigenvalue weighted by atomic mass is 16.5. The highest BCUT2D eigenvalue weighted by Gasteiger charge is 2.39. The number of ether oxygens (including phenoxy) is 2. The van der Waals surface area contributed by atoms with Crippen LogP contribution in [-0.2, 0) is 22.6 Å². The van der Waals surface area contributed by atoms with Crippen LogP contribution in [0.5, 0.6) is 5.75 Å². The van der Waals surface area contributed by atoms with E-state index >= 15 is 0 Å². The lowest BCUT2D eigenvalue weighted by Gasteiger charge is -2.35. The number of anilines is 1. The van der Waals surface area contributed by atoms with Gasteiger partial charge in [0.05, 0.1) is 18.4 Å². The number of hydrogen-bond donors (Lipinski definition) is 1. The van der Waals surface area contributed by atoms with Crippen molar-refractivity contribution in [2.24, 2.45) is 5.92 Å². The number of methoxy groups -OCH3 is 1. The molecule has 2 heterocycles. The molecule has 174 valence electrons. The molecule has 0 amide bonds. The molecule has 0 unspecified atom stereocenters. The van der Waals surface area contributed by atoms with Crippen LogP contribution in [0.4, 0.5) is 5.82 Å². The number of esters is 1. The van der Waals surface area contributed by atoms with Crippen LogP contribution in [-0.4, -0.2) is 27.6 Å². The van der Waals surface area contributed by atoms with Gasteiger partial charge in [-0.05, 0) is 42.5 Å². The summed E-state index contributed by atoms with van der Waals surface area (Å²) in [6.45, 7) is 2.62. The summed E-state index contributed by atoms with van der Waals surface area (Å²) in [7, 11) is 1.44. The van der Waals surface area contributed by atoms with E-state index in [0.717, 1.165) is 58.4 Å². The Morgan fingerprint density at radius 1 is 1.12 bits per heavy atom. The Morgan fingerprint density at radius 3 is 2.65 bits per heavy atom. The molecule has 0 radical (unpaired) electrons. The number of nitrogen functional groups attached to an aromatic ring is 1. The Labute approximate surface area is 198 Å². The molecule has 4 aromatic rings. The summed E-state index contributed by atoms with van der Waals surface area (Å²) in [4.78, 5) is 20.9. The number of aromatic nitrogens is 3. The normalized spacial score (nSPS) is 17.4. The summed E-state index contributed by atoms with van der Waals surface area (Å²) < 4.78 is 13.3. The molecule has 34 heavy (non-hydrogen) atoms. The Hall–Kier alpha value is -3.87. The smallest absolute Gasteiger partial charge is 0.308 e. The van der Waals surface area contributed by atoms with E-state index in [4.69, 9.17) is 15.2 Å². The molecule has 2 aromatic heterocycles. The number of fused-ring (bicyclic) bond motifs is 1. The predicted molar refractivity (Wildman–Crippen MR) is 131 cm³/mol. The summed E-state index contributed by atoms with van der Waals surface area (Å²) in [6, 6.07) is 18.3. The van der Waals surface area contributed by atoms with Gasteiger partial charge >= 0.3 is 5.97 Å². The summed E-state index contributed by atoms with van der Waals surface area (Å²) >= 11 is 0. The lowest BCUT2D eigenvalue weighted by molar-refractivity contribution is -0.149. The van der Waals surface area contributed by atoms with Crippen LogP contribution >= 0.6 is 0 Å². The van der Waals surface area contributed by atoms with Crippen LogP contribution in [0.15, 0.2) is 60.9 Å². The number of carbonyl (C=O) groups is 1. The van der Waals surface area contributed by atoms with Gasteiger partial charge in [-0.3, -0.25) is 4.79 Å². The molecule has 0 atom stereocenters. The van der Waals surface area contributed by atoms with Gasteiger partial charge in [0.15, 0.2) is 0 Å². The van der Waals surface area contributed by atoms with Crippen LogP contribution < -0.4 is 10.5 Å². The maximum absolute atomic E-state index is 12.0. The van der Waals surface area contributed by atoms with Crippen molar-refractivity contribution in [1.82, 2.24) is 14.5 Å². The Balaban J connectivity index is 1.54. The van der Waals surface area contributed by atoms with E-state index in [9.17, 15) is 4.79 Å². The van der Waals surface area contributed by atoms with Gasteiger partial charge in [0.25, 0.3) is 0 Å². The van der Waals surface area contributed by atoms with E-state index in [1.807, 2.05) is 48.5 Å². The second-order valence-corrected chi connectivity index (χ2v) is 8.65. The number of carbonyl (C=O) groups excluding carboxylic acids is 1. The summed E-state index contributed by atoms with van der Waals surface area (Å²) in [5, 5.41) is 0.848. The second kappa shape index (κ2) is 9.17. The first-order valence-corrected chi connectivity index (χ1v) is 11.6. The molecule has 1 fully saturated rings. The van der Waals surface area contributed by atoms with Crippen molar-refractivity contribution in [2.75, 3.05) is 12.8 Å². The van der Waals surface area contributed by atoms with Gasteiger partial charge in [-0.25, -0.2) is 9.97 Å². The highest BCUT2D eigenvalue weighted by Crippen LogP contribution is 2.46. The molecular weight excluding hydrogens is 428 g/mol. The molecule has 1 aliphatic rings. The molecule has 1 aliphatic carbocycles. The molecule has 2 aromatic carbocycles. The molecule has 0 saturated heterocycles. The number of hydrogen-bond acceptors (Lipinski definition) is 6. The van der Waals surface area contributed by atoms with Crippen molar-refractivity contribution < 1.29 is 14.3 Å². The van der Waals surface area contributed by atoms with Crippen LogP contribution in [0.1, 0.15) is 37.1 Å². The van der Waals surface area contributed by atoms with E-state index in [2.05, 4.69) is 27.5 Å². The fourth-order valence-corrected chi connectivity index (χ4v) is 4.90. The van der Waals surface area contributed by atoms with Crippen LogP contribution in [0.3, 0.4) is 0 Å². The highest BCUT2D eigenvalue weighted by molar-refractivity contribution is 6.02. The van der Waals surface area contributed by atoms with Crippen molar-refractivity contribution in [3.05, 3.63) is 72.2 Å². The first kappa shape index (κ1) is 21.9. The summed E-state index contributed by atoms with van der Waals surface area (Å²) in [5.41, 5.74) is 11.5. The second-order valence-electron chi connectivity index (χ2n) is 8.65. The number of benzene rings is 2. The van der Waals surface area contributed by atoms with Gasteiger partial charge in [-0.1, -0.05) is 49.4 Å². The molecule has 1 saturated carbocycles. The van der Waals surface area contributed by atoms with Gasteiger partial charge in [-0.15, -0.1) is 0 Å². The fraction of sp³-hybridized carbons (Fsp3) is 0.296. The fourth-order valence-electron chi connectivity index (χ4n) is 4.90. The van der Waals surface area contributed by atoms with Crippen LogP contribution in [0.25, 0.3) is 22.2 Å². The third kappa shape index (κ3) is 3.87. The van der Waals surface area contributed by atoms with Crippen molar-refractivity contribution in [3.63, 3.8) is 0 Å². The van der Waals surface area contributed by atoms with Gasteiger partial charge in [0.2, 0.25) is 0 Å². The minimum Gasteiger partial charge on any atom is -0.489 e. The van der Waals surface area contributed by atoms with Gasteiger partial charge in [0, 0.05) is 17.3 Å². The first-order valence-electron chi connectivity index (χ1n) is 11.6. The van der Waals surface area contributed by atoms with Crippen LogP contribution in [0, 0.1) is 5.92 Å². The van der Waals surface area contributed by atoms with Gasteiger partial charge in [0.1, 0.15) is 30.1 Å². The van der Waals surface area contributed by atoms with Gasteiger partial charge in [-0.2, -0.15) is 0 Å². The largest absolute Gasteiger partial charge is 0.489 e. The molecule has 7 nitrogen and oxygen atoms in total. The van der Waals surface area contributed by atoms with E-state index in [-0.39, 0.29) is 17.9 Å². The molecular formula is C27H28N4O3. The summed E-state index contributed by atoms with van der Waals surface area (Å²) in [5.74, 6) is 1.01. The zero-order valence-corrected chi connectivity index (χ0v) is 19.4. The van der Waals surface area contributed by atoms with E-state index in [0.29, 0.717) is 12.4 Å². The van der Waals surface area contributed by atoms with Crippen molar-refractivity contribution in [1.29, 1.82) is 0 Å². The van der Waals surface area contributed by atoms with Crippen molar-refractivity contribution in [2.45, 2.75) is 38.8 Å². The van der Waals surface area contributed by atoms with Crippen molar-refractivity contribution in [3.8, 4) is 16.9 Å². The predicted octanol–water partition coefficient (Wildman–Crippen LogP) is 4.95. The standard InChI is InChI=1S/C27H28N4O3/c1-3-22-23(18-10-7-11-21(14-18)34-15-17-8-5-4-6-9-17)24-25(28)29-16-30-26(24)31(22)20-12-19(13-20)27(32)33-2/h4-11,14,16,19-20H,3,12-13,15H2,1-2H3,(H2,28,29,30)/t19-,20-. The zero-order chi connectivity index (χ0) is 23.7. The third-order valence-electron chi connectivity index (χ3n) is 6.63. The Bertz CT molecular complexity index is 1330. The zero-order valence-electron chi connectivity index (χ0n) is 19.4. The Morgan fingerprint density at radius 2 is 1.91 bits per heavy atom. The number of rotatable bonds is 7. The Kier molecular flexibility index (Phi) is 5.92. The maximum atomic E-state index is 12.0. The van der Waals surface area contributed by atoms with E-state index < -0.39 is 0 Å². The molecule has 7 heteroatoms. The quantitative estimate of drug-likeness (QED) is 0.396. The molecule has 2 N–H and O–H groups in total. The number of nitrogens with two attached hydrogens (primary N) is 1. The SMILES string of the molecule is CCc1c(-c2cccc(OCc3ccccc3)c2)c2c(N)ncnc2n1[C@H]1C[C@H](C(=O)OC)C1. The average Bonchev–Trinajstić information content (AvgIpc) is 3.18. The van der Waals surface area contributed by atoms with E-state index in [1.165, 1.54) is 13.4 Å². The molecule has 0 bridgehead atoms. The van der Waals surface area contributed by atoms with Crippen LogP contribution in [0.2, 0.25) is 0 Å². The summed E-state index contributed by atoms with van der Waals surface area (Å²) in [6.07, 6.45) is 3.76. The monoisotopic (exact) mass is 456 g/mol. The van der Waals surface area contributed by atoms with Crippen molar-refractivity contribution >= 4 is 22.8 Å². The van der Waals surface area contributed by atoms with E-state index in [1.54, 1.807) is 0 Å². The lowest BCUT2D eigenvalue weighted by atomic mass is 9.80. The third-order valence-corrected chi connectivity index (χ3v) is 6.63. The minimum atomic E-state index is -0.150. The molecule has 0 spiro atoms. The molecule has 0 aliphatic heterocycles. The lowest BCUT2D eigenvalue weighted by Crippen LogP contribution is -2.33. The maximum Gasteiger partial charge on any atom is 0.308 e. The topological polar surface area (TPSA) is 92.3 Å². The molecule has 5 rings (SSSR count). The average molecular weight is 457 g/mol. The number of nitrogens with zero attached hydrogens (tertiary/aromatic N) is 3. The minimum absolute atomic E-state index is 0.0745. The first-order chi connectivity index (χ1) is 16.6. The van der Waals surface area contributed by atoms with Gasteiger partial charge < -0.3 is 19.8 Å².